The smallest absolute Gasteiger partial charge is 0.389 e. The number of β-amino-alcohol motifs (C(OH)–C–C–N with tert-alkyl or cyclic N) is 1. The minimum atomic E-state index is -4.67. The van der Waals surface area contributed by atoms with Crippen LogP contribution in [0.25, 0.3) is 0 Å². The second kappa shape index (κ2) is 11.7. The maximum Gasteiger partial charge on any atom is 0.419 e. The first kappa shape index (κ1) is 31.8. The molecule has 0 spiro atoms. The van der Waals surface area contributed by atoms with Crippen LogP contribution in [0.15, 0.2) is 36.5 Å². The molecule has 1 aromatic heterocycles. The lowest BCUT2D eigenvalue weighted by Crippen LogP contribution is -2.42. The third-order valence-corrected chi connectivity index (χ3v) is 8.64. The fourth-order valence-electron chi connectivity index (χ4n) is 6.50. The maximum absolute atomic E-state index is 15.4. The molecule has 0 saturated carbocycles. The molecule has 2 aromatic carbocycles. The van der Waals surface area contributed by atoms with E-state index in [9.17, 15) is 23.1 Å². The average molecular weight is 614 g/mol. The number of aliphatic hydroxyl groups is 1. The minimum absolute atomic E-state index is 0.0562. The van der Waals surface area contributed by atoms with Gasteiger partial charge in [0, 0.05) is 18.4 Å². The van der Waals surface area contributed by atoms with E-state index in [0.717, 1.165) is 54.4 Å². The van der Waals surface area contributed by atoms with Crippen LogP contribution < -0.4 is 10.6 Å². The van der Waals surface area contributed by atoms with E-state index in [1.165, 1.54) is 6.07 Å². The number of carbonyl (C=O) groups excluding carboxylic acids is 1. The lowest BCUT2D eigenvalue weighted by molar-refractivity contribution is -0.138. The SMILES string of the molecule is Cc1cc(Nc2ncc(C(F)(F)F)c(CCc3cccc4c3C(C)(C)C(=O)N4)n2)c(F)cc1C1CCN(CC(C)(C)O)CC1. The van der Waals surface area contributed by atoms with Gasteiger partial charge in [0.05, 0.1) is 28.0 Å². The quantitative estimate of drug-likeness (QED) is 0.247. The topological polar surface area (TPSA) is 90.4 Å². The predicted octanol–water partition coefficient (Wildman–Crippen LogP) is 6.65. The summed E-state index contributed by atoms with van der Waals surface area (Å²) >= 11 is 0. The normalized spacial score (nSPS) is 17.5. The zero-order chi connectivity index (χ0) is 32.0. The van der Waals surface area contributed by atoms with Crippen LogP contribution in [0, 0.1) is 12.7 Å². The van der Waals surface area contributed by atoms with E-state index >= 15 is 4.39 Å². The van der Waals surface area contributed by atoms with Gasteiger partial charge in [-0.05, 0) is 120 Å². The summed E-state index contributed by atoms with van der Waals surface area (Å²) in [7, 11) is 0. The molecule has 0 unspecified atom stereocenters. The van der Waals surface area contributed by atoms with Gasteiger partial charge >= 0.3 is 6.18 Å². The zero-order valence-corrected chi connectivity index (χ0v) is 25.7. The van der Waals surface area contributed by atoms with E-state index in [0.29, 0.717) is 12.2 Å². The van der Waals surface area contributed by atoms with Crippen LogP contribution in [-0.2, 0) is 29.2 Å². The molecule has 0 bridgehead atoms. The third-order valence-electron chi connectivity index (χ3n) is 8.64. The van der Waals surface area contributed by atoms with E-state index in [2.05, 4.69) is 25.5 Å². The van der Waals surface area contributed by atoms with Gasteiger partial charge in [0.1, 0.15) is 5.82 Å². The van der Waals surface area contributed by atoms with Gasteiger partial charge in [-0.15, -0.1) is 0 Å². The summed E-state index contributed by atoms with van der Waals surface area (Å²) < 4.78 is 57.2. The number of benzene rings is 2. The summed E-state index contributed by atoms with van der Waals surface area (Å²) in [5.74, 6) is -0.660. The molecular formula is C33H39F4N5O2. The highest BCUT2D eigenvalue weighted by Gasteiger charge is 2.40. The molecule has 44 heavy (non-hydrogen) atoms. The number of piperidine rings is 1. The lowest BCUT2D eigenvalue weighted by Gasteiger charge is -2.36. The number of hydrogen-bond acceptors (Lipinski definition) is 6. The van der Waals surface area contributed by atoms with Crippen molar-refractivity contribution in [1.29, 1.82) is 0 Å². The average Bonchev–Trinajstić information content (AvgIpc) is 3.16. The monoisotopic (exact) mass is 613 g/mol. The van der Waals surface area contributed by atoms with Crippen molar-refractivity contribution in [2.75, 3.05) is 30.3 Å². The molecule has 5 rings (SSSR count). The molecule has 0 radical (unpaired) electrons. The number of nitrogens with one attached hydrogen (secondary N) is 2. The molecule has 3 N–H and O–H groups in total. The summed E-state index contributed by atoms with van der Waals surface area (Å²) in [5, 5.41) is 15.8. The summed E-state index contributed by atoms with van der Waals surface area (Å²) in [6, 6.07) is 8.49. The van der Waals surface area contributed by atoms with Crippen molar-refractivity contribution < 1.29 is 27.5 Å². The largest absolute Gasteiger partial charge is 0.419 e. The Kier molecular flexibility index (Phi) is 8.50. The van der Waals surface area contributed by atoms with Crippen molar-refractivity contribution in [3.05, 3.63) is 75.9 Å². The molecule has 3 heterocycles. The molecule has 0 aliphatic carbocycles. The fraction of sp³-hybridized carbons (Fsp3) is 0.485. The highest BCUT2D eigenvalue weighted by Crippen LogP contribution is 2.41. The van der Waals surface area contributed by atoms with E-state index in [-0.39, 0.29) is 42.0 Å². The Morgan fingerprint density at radius 2 is 1.84 bits per heavy atom. The summed E-state index contributed by atoms with van der Waals surface area (Å²) in [6.45, 7) is 11.2. The number of fused-ring (bicyclic) bond motifs is 1. The minimum Gasteiger partial charge on any atom is -0.389 e. The van der Waals surface area contributed by atoms with E-state index < -0.39 is 28.6 Å². The van der Waals surface area contributed by atoms with Crippen molar-refractivity contribution in [2.24, 2.45) is 0 Å². The molecule has 3 aromatic rings. The van der Waals surface area contributed by atoms with Crippen molar-refractivity contribution in [2.45, 2.75) is 83.4 Å². The van der Waals surface area contributed by atoms with Crippen LogP contribution in [0.5, 0.6) is 0 Å². The van der Waals surface area contributed by atoms with Gasteiger partial charge in [-0.1, -0.05) is 12.1 Å². The Morgan fingerprint density at radius 1 is 1.14 bits per heavy atom. The number of anilines is 3. The number of alkyl halides is 3. The van der Waals surface area contributed by atoms with Gasteiger partial charge < -0.3 is 20.6 Å². The highest BCUT2D eigenvalue weighted by atomic mass is 19.4. The van der Waals surface area contributed by atoms with Crippen LogP contribution in [0.2, 0.25) is 0 Å². The van der Waals surface area contributed by atoms with Crippen molar-refractivity contribution in [1.82, 2.24) is 14.9 Å². The van der Waals surface area contributed by atoms with Gasteiger partial charge in [-0.3, -0.25) is 4.79 Å². The first-order chi connectivity index (χ1) is 20.5. The number of halogens is 4. The Balaban J connectivity index is 1.35. The van der Waals surface area contributed by atoms with Gasteiger partial charge in [-0.2, -0.15) is 13.2 Å². The molecule has 11 heteroatoms. The summed E-state index contributed by atoms with van der Waals surface area (Å²) in [4.78, 5) is 22.8. The first-order valence-electron chi connectivity index (χ1n) is 14.9. The number of rotatable bonds is 8. The molecule has 2 aliphatic rings. The number of nitrogens with zero attached hydrogens (tertiary/aromatic N) is 3. The number of amides is 1. The zero-order valence-electron chi connectivity index (χ0n) is 25.7. The van der Waals surface area contributed by atoms with E-state index in [4.69, 9.17) is 0 Å². The third kappa shape index (κ3) is 6.73. The van der Waals surface area contributed by atoms with Crippen molar-refractivity contribution in [3.63, 3.8) is 0 Å². The lowest BCUT2D eigenvalue weighted by atomic mass is 9.82. The Hall–Kier alpha value is -3.57. The van der Waals surface area contributed by atoms with Crippen LogP contribution in [0.1, 0.15) is 80.0 Å². The van der Waals surface area contributed by atoms with Crippen LogP contribution in [0.3, 0.4) is 0 Å². The Labute approximate surface area is 255 Å². The van der Waals surface area contributed by atoms with Crippen molar-refractivity contribution in [3.8, 4) is 0 Å². The molecule has 1 amide bonds. The number of hydrogen-bond donors (Lipinski definition) is 3. The molecular weight excluding hydrogens is 574 g/mol. The summed E-state index contributed by atoms with van der Waals surface area (Å²) in [5.41, 5.74) is 1.28. The summed E-state index contributed by atoms with van der Waals surface area (Å²) in [6.07, 6.45) is -2.11. The van der Waals surface area contributed by atoms with Gasteiger partial charge in [0.2, 0.25) is 11.9 Å². The maximum atomic E-state index is 15.4. The Morgan fingerprint density at radius 3 is 2.50 bits per heavy atom. The van der Waals surface area contributed by atoms with Gasteiger partial charge in [0.15, 0.2) is 0 Å². The van der Waals surface area contributed by atoms with E-state index in [1.54, 1.807) is 45.9 Å². The predicted molar refractivity (Wildman–Crippen MR) is 162 cm³/mol. The second-order valence-electron chi connectivity index (χ2n) is 13.1. The molecule has 2 aliphatic heterocycles. The van der Waals surface area contributed by atoms with Crippen molar-refractivity contribution >= 4 is 23.2 Å². The van der Waals surface area contributed by atoms with Crippen LogP contribution in [-0.4, -0.2) is 51.1 Å². The Bertz CT molecular complexity index is 1560. The molecule has 1 saturated heterocycles. The standard InChI is InChI=1S/C33H39F4N5O2/c1-19-15-27(24(34)16-22(19)20-11-13-42(14-12-20)18-31(2,3)44)41-30-38-17-23(33(35,36)37)25(40-30)10-9-21-7-6-8-26-28(21)32(4,5)29(43)39-26/h6-8,15-17,20,44H,9-14,18H2,1-5H3,(H,39,43)(H,38,40,41). The fourth-order valence-corrected chi connectivity index (χ4v) is 6.50. The second-order valence-corrected chi connectivity index (χ2v) is 13.1. The van der Waals surface area contributed by atoms with Gasteiger partial charge in [-0.25, -0.2) is 14.4 Å². The van der Waals surface area contributed by atoms with Crippen LogP contribution >= 0.6 is 0 Å². The highest BCUT2D eigenvalue weighted by molar-refractivity contribution is 6.06. The number of likely N-dealkylation sites (tertiary alicyclic amines) is 1. The molecule has 1 fully saturated rings. The molecule has 7 nitrogen and oxygen atoms in total. The van der Waals surface area contributed by atoms with Gasteiger partial charge in [0.25, 0.3) is 0 Å². The number of aromatic nitrogens is 2. The number of carbonyl (C=O) groups is 1. The first-order valence-corrected chi connectivity index (χ1v) is 14.9. The number of aryl methyl sites for hydroxylation is 3. The molecule has 236 valence electrons. The van der Waals surface area contributed by atoms with Crippen LogP contribution in [0.4, 0.5) is 34.9 Å². The molecule has 0 atom stereocenters. The van der Waals surface area contributed by atoms with E-state index in [1.807, 2.05) is 13.0 Å².